The second-order valence-corrected chi connectivity index (χ2v) is 6.76. The molecule has 8 heteroatoms. The Morgan fingerprint density at radius 2 is 1.96 bits per heavy atom. The molecule has 0 saturated carbocycles. The Bertz CT molecular complexity index is 534. The van der Waals surface area contributed by atoms with Gasteiger partial charge >= 0.3 is 6.18 Å². The van der Waals surface area contributed by atoms with Crippen LogP contribution in [0.15, 0.2) is 12.3 Å². The van der Waals surface area contributed by atoms with Crippen molar-refractivity contribution in [3.63, 3.8) is 0 Å². The SMILES string of the molecule is C[C@@H]1CN(CCN2CCC[C@@H](n3ccc(C(F)(F)F)n3)C2)CCO1. The number of alkyl halides is 3. The Hall–Kier alpha value is -1.12. The normalized spacial score (nSPS) is 27.5. The van der Waals surface area contributed by atoms with Gasteiger partial charge in [0.25, 0.3) is 0 Å². The van der Waals surface area contributed by atoms with E-state index in [0.29, 0.717) is 0 Å². The molecule has 2 fully saturated rings. The first-order chi connectivity index (χ1) is 11.4. The lowest BCUT2D eigenvalue weighted by atomic mass is 10.1. The molecule has 2 aliphatic heterocycles. The summed E-state index contributed by atoms with van der Waals surface area (Å²) >= 11 is 0. The first kappa shape index (κ1) is 17.7. The number of morpholine rings is 1. The largest absolute Gasteiger partial charge is 0.435 e. The van der Waals surface area contributed by atoms with E-state index in [-0.39, 0.29) is 12.1 Å². The van der Waals surface area contributed by atoms with Gasteiger partial charge in [0, 0.05) is 38.9 Å². The smallest absolute Gasteiger partial charge is 0.376 e. The van der Waals surface area contributed by atoms with E-state index in [1.54, 1.807) is 0 Å². The molecule has 5 nitrogen and oxygen atoms in total. The molecule has 0 aromatic carbocycles. The van der Waals surface area contributed by atoms with E-state index in [1.165, 1.54) is 10.9 Å². The van der Waals surface area contributed by atoms with E-state index in [4.69, 9.17) is 4.74 Å². The van der Waals surface area contributed by atoms with Gasteiger partial charge in [-0.25, -0.2) is 0 Å². The first-order valence-corrected chi connectivity index (χ1v) is 8.60. The number of halogens is 3. The summed E-state index contributed by atoms with van der Waals surface area (Å²) in [4.78, 5) is 4.73. The van der Waals surface area contributed by atoms with Crippen LogP contribution in [0.5, 0.6) is 0 Å². The summed E-state index contributed by atoms with van der Waals surface area (Å²) in [6, 6.07) is 1.09. The van der Waals surface area contributed by atoms with E-state index in [0.717, 1.165) is 64.8 Å². The van der Waals surface area contributed by atoms with Crippen molar-refractivity contribution < 1.29 is 17.9 Å². The number of aromatic nitrogens is 2. The maximum atomic E-state index is 12.7. The number of likely N-dealkylation sites (tertiary alicyclic amines) is 1. The fourth-order valence-electron chi connectivity index (χ4n) is 3.52. The van der Waals surface area contributed by atoms with E-state index in [2.05, 4.69) is 21.8 Å². The maximum absolute atomic E-state index is 12.7. The monoisotopic (exact) mass is 346 g/mol. The summed E-state index contributed by atoms with van der Waals surface area (Å²) in [7, 11) is 0. The molecule has 0 unspecified atom stereocenters. The molecule has 0 bridgehead atoms. The first-order valence-electron chi connectivity index (χ1n) is 8.60. The molecule has 2 atom stereocenters. The predicted molar refractivity (Wildman–Crippen MR) is 83.8 cm³/mol. The predicted octanol–water partition coefficient (Wildman–Crippen LogP) is 2.26. The van der Waals surface area contributed by atoms with Gasteiger partial charge in [0.15, 0.2) is 5.69 Å². The van der Waals surface area contributed by atoms with Crippen molar-refractivity contribution in [3.8, 4) is 0 Å². The van der Waals surface area contributed by atoms with Crippen LogP contribution in [0.2, 0.25) is 0 Å². The van der Waals surface area contributed by atoms with Crippen LogP contribution in [-0.2, 0) is 10.9 Å². The molecule has 1 aromatic rings. The van der Waals surface area contributed by atoms with Crippen LogP contribution < -0.4 is 0 Å². The Morgan fingerprint density at radius 3 is 2.62 bits per heavy atom. The highest BCUT2D eigenvalue weighted by Crippen LogP contribution is 2.29. The Morgan fingerprint density at radius 1 is 1.21 bits per heavy atom. The highest BCUT2D eigenvalue weighted by Gasteiger charge is 2.34. The third kappa shape index (κ3) is 4.49. The van der Waals surface area contributed by atoms with Crippen molar-refractivity contribution in [2.45, 2.75) is 38.1 Å². The number of hydrogen-bond acceptors (Lipinski definition) is 4. The van der Waals surface area contributed by atoms with Gasteiger partial charge in [0.05, 0.1) is 18.8 Å². The standard InChI is InChI=1S/C16H25F3N4O/c1-13-11-22(9-10-24-13)8-7-21-5-2-3-14(12-21)23-6-4-15(20-23)16(17,18)19/h4,6,13-14H,2-3,5,7-12H2,1H3/t13-,14-/m1/s1. The van der Waals surface area contributed by atoms with Crippen LogP contribution >= 0.6 is 0 Å². The topological polar surface area (TPSA) is 33.5 Å². The summed E-state index contributed by atoms with van der Waals surface area (Å²) in [5.74, 6) is 0. The van der Waals surface area contributed by atoms with Gasteiger partial charge in [0.2, 0.25) is 0 Å². The zero-order chi connectivity index (χ0) is 17.2. The average Bonchev–Trinajstić information content (AvgIpc) is 3.04. The van der Waals surface area contributed by atoms with Crippen molar-refractivity contribution in [3.05, 3.63) is 18.0 Å². The highest BCUT2D eigenvalue weighted by molar-refractivity contribution is 5.04. The van der Waals surface area contributed by atoms with Crippen molar-refractivity contribution in [2.75, 3.05) is 45.9 Å². The molecular weight excluding hydrogens is 321 g/mol. The second kappa shape index (κ2) is 7.41. The van der Waals surface area contributed by atoms with E-state index >= 15 is 0 Å². The molecule has 2 saturated heterocycles. The van der Waals surface area contributed by atoms with Crippen LogP contribution in [0.1, 0.15) is 31.5 Å². The number of ether oxygens (including phenoxy) is 1. The van der Waals surface area contributed by atoms with Gasteiger partial charge in [-0.15, -0.1) is 0 Å². The van der Waals surface area contributed by atoms with Crippen LogP contribution in [-0.4, -0.2) is 71.6 Å². The molecule has 1 aromatic heterocycles. The van der Waals surface area contributed by atoms with Crippen molar-refractivity contribution in [2.24, 2.45) is 0 Å². The fourth-order valence-corrected chi connectivity index (χ4v) is 3.52. The lowest BCUT2D eigenvalue weighted by Gasteiger charge is -2.36. The lowest BCUT2D eigenvalue weighted by molar-refractivity contribution is -0.141. The maximum Gasteiger partial charge on any atom is 0.435 e. The molecule has 0 N–H and O–H groups in total. The molecule has 2 aliphatic rings. The molecule has 24 heavy (non-hydrogen) atoms. The number of hydrogen-bond donors (Lipinski definition) is 0. The van der Waals surface area contributed by atoms with E-state index < -0.39 is 11.9 Å². The Labute approximate surface area is 140 Å². The Kier molecular flexibility index (Phi) is 5.46. The third-order valence-corrected chi connectivity index (χ3v) is 4.81. The molecule has 3 heterocycles. The van der Waals surface area contributed by atoms with E-state index in [9.17, 15) is 13.2 Å². The van der Waals surface area contributed by atoms with Crippen LogP contribution in [0, 0.1) is 0 Å². The minimum absolute atomic E-state index is 0.0264. The summed E-state index contributed by atoms with van der Waals surface area (Å²) < 4.78 is 45.1. The molecular formula is C16H25F3N4O. The van der Waals surface area contributed by atoms with Gasteiger partial charge in [-0.3, -0.25) is 14.5 Å². The highest BCUT2D eigenvalue weighted by atomic mass is 19.4. The molecule has 0 radical (unpaired) electrons. The second-order valence-electron chi connectivity index (χ2n) is 6.76. The Balaban J connectivity index is 1.51. The minimum Gasteiger partial charge on any atom is -0.376 e. The molecule has 0 spiro atoms. The van der Waals surface area contributed by atoms with Crippen LogP contribution in [0.3, 0.4) is 0 Å². The molecule has 0 amide bonds. The summed E-state index contributed by atoms with van der Waals surface area (Å²) in [6.07, 6.45) is -0.763. The van der Waals surface area contributed by atoms with Gasteiger partial charge < -0.3 is 4.74 Å². The molecule has 136 valence electrons. The molecule has 3 rings (SSSR count). The average molecular weight is 346 g/mol. The third-order valence-electron chi connectivity index (χ3n) is 4.81. The van der Waals surface area contributed by atoms with Crippen LogP contribution in [0.25, 0.3) is 0 Å². The number of piperidine rings is 1. The van der Waals surface area contributed by atoms with Gasteiger partial charge in [-0.2, -0.15) is 18.3 Å². The van der Waals surface area contributed by atoms with Crippen molar-refractivity contribution >= 4 is 0 Å². The van der Waals surface area contributed by atoms with Crippen LogP contribution in [0.4, 0.5) is 13.2 Å². The van der Waals surface area contributed by atoms with Gasteiger partial charge in [0.1, 0.15) is 0 Å². The van der Waals surface area contributed by atoms with Gasteiger partial charge in [-0.1, -0.05) is 0 Å². The zero-order valence-electron chi connectivity index (χ0n) is 14.0. The fraction of sp³-hybridized carbons (Fsp3) is 0.812. The zero-order valence-corrected chi connectivity index (χ0v) is 14.0. The summed E-state index contributed by atoms with van der Waals surface area (Å²) in [5.41, 5.74) is -0.804. The minimum atomic E-state index is -4.37. The van der Waals surface area contributed by atoms with Crippen molar-refractivity contribution in [1.82, 2.24) is 19.6 Å². The van der Waals surface area contributed by atoms with Gasteiger partial charge in [-0.05, 0) is 32.4 Å². The number of nitrogens with zero attached hydrogens (tertiary/aromatic N) is 4. The molecule has 0 aliphatic carbocycles. The summed E-state index contributed by atoms with van der Waals surface area (Å²) in [5, 5.41) is 3.74. The number of rotatable bonds is 4. The quantitative estimate of drug-likeness (QED) is 0.837. The van der Waals surface area contributed by atoms with Crippen molar-refractivity contribution in [1.29, 1.82) is 0 Å². The van der Waals surface area contributed by atoms with E-state index in [1.807, 2.05) is 0 Å². The lowest BCUT2D eigenvalue weighted by Crippen LogP contribution is -2.46. The summed E-state index contributed by atoms with van der Waals surface area (Å²) in [6.45, 7) is 8.45.